The van der Waals surface area contributed by atoms with Gasteiger partial charge in [0.25, 0.3) is 5.79 Å². The van der Waals surface area contributed by atoms with Gasteiger partial charge in [0.05, 0.1) is 0 Å². The van der Waals surface area contributed by atoms with Crippen molar-refractivity contribution in [2.75, 3.05) is 0 Å². The highest BCUT2D eigenvalue weighted by Crippen LogP contribution is 2.59. The lowest BCUT2D eigenvalue weighted by Crippen LogP contribution is -2.61. The molecule has 0 radical (unpaired) electrons. The minimum absolute atomic E-state index is 0.00679. The largest absolute Gasteiger partial charge is 0.422 e. The van der Waals surface area contributed by atoms with Crippen molar-refractivity contribution < 1.29 is 23.9 Å². The standard InChI is InChI=1S/C25H22Br2O5/c26-17-7-3-5-15(11-17)20-13-19(28)14-21(16-6-4-8-18(27)12-16)25(20)22(29)31-24(32-23(25)30)9-1-2-10-24/h3-8,11-12,20-21H,1-2,9-10,13-14H2. The van der Waals surface area contributed by atoms with E-state index < -0.39 is 35.0 Å². The monoisotopic (exact) mass is 560 g/mol. The van der Waals surface area contributed by atoms with Crippen LogP contribution in [0, 0.1) is 5.41 Å². The normalized spacial score (nSPS) is 26.2. The Bertz CT molecular complexity index is 1030. The average Bonchev–Trinajstić information content (AvgIpc) is 3.19. The van der Waals surface area contributed by atoms with Crippen molar-refractivity contribution in [2.45, 2.75) is 56.1 Å². The second kappa shape index (κ2) is 8.10. The van der Waals surface area contributed by atoms with Gasteiger partial charge in [0.15, 0.2) is 5.41 Å². The number of ketones is 1. The lowest BCUT2D eigenvalue weighted by atomic mass is 9.55. The van der Waals surface area contributed by atoms with Crippen LogP contribution < -0.4 is 0 Å². The minimum Gasteiger partial charge on any atom is -0.422 e. The number of hydrogen-bond acceptors (Lipinski definition) is 5. The lowest BCUT2D eigenvalue weighted by Gasteiger charge is -2.50. The van der Waals surface area contributed by atoms with Crippen LogP contribution in [0.2, 0.25) is 0 Å². The molecule has 2 saturated carbocycles. The molecule has 2 atom stereocenters. The van der Waals surface area contributed by atoms with Crippen LogP contribution in [-0.4, -0.2) is 23.5 Å². The molecule has 1 saturated heterocycles. The average molecular weight is 562 g/mol. The number of rotatable bonds is 2. The predicted molar refractivity (Wildman–Crippen MR) is 124 cm³/mol. The third-order valence-corrected chi connectivity index (χ3v) is 8.05. The van der Waals surface area contributed by atoms with Crippen molar-refractivity contribution in [2.24, 2.45) is 5.41 Å². The molecule has 3 aliphatic rings. The second-order valence-electron chi connectivity index (χ2n) is 8.93. The van der Waals surface area contributed by atoms with E-state index in [0.717, 1.165) is 32.9 Å². The number of Topliss-reactive ketones (excluding diaryl/α,β-unsaturated/α-hetero) is 1. The summed E-state index contributed by atoms with van der Waals surface area (Å²) in [7, 11) is 0. The van der Waals surface area contributed by atoms with Gasteiger partial charge in [-0.25, -0.2) is 0 Å². The van der Waals surface area contributed by atoms with E-state index in [0.29, 0.717) is 12.8 Å². The second-order valence-corrected chi connectivity index (χ2v) is 10.8. The summed E-state index contributed by atoms with van der Waals surface area (Å²) in [6, 6.07) is 14.9. The van der Waals surface area contributed by atoms with Crippen LogP contribution in [0.3, 0.4) is 0 Å². The van der Waals surface area contributed by atoms with Gasteiger partial charge in [-0.2, -0.15) is 0 Å². The van der Waals surface area contributed by atoms with Crippen molar-refractivity contribution in [1.29, 1.82) is 0 Å². The first-order valence-corrected chi connectivity index (χ1v) is 12.4. The summed E-state index contributed by atoms with van der Waals surface area (Å²) >= 11 is 6.96. The van der Waals surface area contributed by atoms with E-state index in [2.05, 4.69) is 31.9 Å². The zero-order valence-electron chi connectivity index (χ0n) is 17.3. The Labute approximate surface area is 203 Å². The van der Waals surface area contributed by atoms with Gasteiger partial charge < -0.3 is 9.47 Å². The summed E-state index contributed by atoms with van der Waals surface area (Å²) in [5, 5.41) is 0. The summed E-state index contributed by atoms with van der Waals surface area (Å²) in [6.07, 6.45) is 2.88. The van der Waals surface area contributed by atoms with Crippen molar-refractivity contribution in [1.82, 2.24) is 0 Å². The zero-order chi connectivity index (χ0) is 22.5. The SMILES string of the molecule is O=C1CC(c2cccc(Br)c2)C2(C(=O)OC3(CCCC3)OC2=O)C(c2cccc(Br)c2)C1. The van der Waals surface area contributed by atoms with Crippen molar-refractivity contribution >= 4 is 49.6 Å². The maximum atomic E-state index is 13.9. The van der Waals surface area contributed by atoms with E-state index in [1.54, 1.807) is 0 Å². The van der Waals surface area contributed by atoms with Crippen LogP contribution in [-0.2, 0) is 23.9 Å². The Morgan fingerprint density at radius 3 is 1.66 bits per heavy atom. The highest BCUT2D eigenvalue weighted by Gasteiger charge is 2.68. The van der Waals surface area contributed by atoms with Gasteiger partial charge in [-0.15, -0.1) is 0 Å². The molecule has 5 rings (SSSR count). The van der Waals surface area contributed by atoms with Gasteiger partial charge in [-0.05, 0) is 48.2 Å². The van der Waals surface area contributed by atoms with Crippen molar-refractivity contribution in [3.63, 3.8) is 0 Å². The van der Waals surface area contributed by atoms with E-state index >= 15 is 0 Å². The van der Waals surface area contributed by atoms with Gasteiger partial charge >= 0.3 is 11.9 Å². The third-order valence-electron chi connectivity index (χ3n) is 7.06. The number of esters is 2. The van der Waals surface area contributed by atoms with E-state index in [4.69, 9.17) is 9.47 Å². The first kappa shape index (κ1) is 21.8. The molecule has 1 heterocycles. The van der Waals surface area contributed by atoms with Crippen LogP contribution >= 0.6 is 31.9 Å². The van der Waals surface area contributed by atoms with Crippen LogP contribution in [0.1, 0.15) is 61.5 Å². The molecule has 5 nitrogen and oxygen atoms in total. The third kappa shape index (κ3) is 3.45. The molecule has 1 aliphatic heterocycles. The Kier molecular flexibility index (Phi) is 5.53. The van der Waals surface area contributed by atoms with E-state index in [1.807, 2.05) is 48.5 Å². The molecule has 32 heavy (non-hydrogen) atoms. The zero-order valence-corrected chi connectivity index (χ0v) is 20.5. The van der Waals surface area contributed by atoms with Gasteiger partial charge in [0, 0.05) is 46.5 Å². The summed E-state index contributed by atoms with van der Waals surface area (Å²) in [4.78, 5) is 40.8. The molecular weight excluding hydrogens is 540 g/mol. The van der Waals surface area contributed by atoms with Gasteiger partial charge in [0.1, 0.15) is 5.78 Å². The number of hydrogen-bond donors (Lipinski definition) is 0. The highest BCUT2D eigenvalue weighted by atomic mass is 79.9. The highest BCUT2D eigenvalue weighted by molar-refractivity contribution is 9.10. The molecule has 7 heteroatoms. The van der Waals surface area contributed by atoms with Crippen LogP contribution in [0.5, 0.6) is 0 Å². The molecule has 166 valence electrons. The molecule has 0 amide bonds. The Morgan fingerprint density at radius 2 is 1.22 bits per heavy atom. The lowest BCUT2D eigenvalue weighted by molar-refractivity contribution is -0.265. The molecule has 2 aliphatic carbocycles. The summed E-state index contributed by atoms with van der Waals surface area (Å²) in [5.41, 5.74) is -0.143. The summed E-state index contributed by atoms with van der Waals surface area (Å²) in [5.74, 6) is -3.65. The molecule has 0 bridgehead atoms. The van der Waals surface area contributed by atoms with Gasteiger partial charge in [-0.1, -0.05) is 56.1 Å². The topological polar surface area (TPSA) is 69.7 Å². The Balaban J connectivity index is 1.70. The van der Waals surface area contributed by atoms with Crippen molar-refractivity contribution in [3.8, 4) is 0 Å². The molecule has 0 N–H and O–H groups in total. The summed E-state index contributed by atoms with van der Waals surface area (Å²) in [6.45, 7) is 0. The maximum absolute atomic E-state index is 13.9. The van der Waals surface area contributed by atoms with Gasteiger partial charge in [-0.3, -0.25) is 14.4 Å². The van der Waals surface area contributed by atoms with Crippen molar-refractivity contribution in [3.05, 3.63) is 68.6 Å². The molecule has 2 spiro atoms. The first-order chi connectivity index (χ1) is 15.3. The van der Waals surface area contributed by atoms with Crippen LogP contribution in [0.4, 0.5) is 0 Å². The van der Waals surface area contributed by atoms with E-state index in [9.17, 15) is 14.4 Å². The Morgan fingerprint density at radius 1 is 0.750 bits per heavy atom. The fourth-order valence-electron chi connectivity index (χ4n) is 5.61. The van der Waals surface area contributed by atoms with E-state index in [1.165, 1.54) is 0 Å². The van der Waals surface area contributed by atoms with Crippen LogP contribution in [0.15, 0.2) is 57.5 Å². The maximum Gasteiger partial charge on any atom is 0.328 e. The smallest absolute Gasteiger partial charge is 0.328 e. The fourth-order valence-corrected chi connectivity index (χ4v) is 6.44. The van der Waals surface area contributed by atoms with E-state index in [-0.39, 0.29) is 18.6 Å². The number of carbonyl (C=O) groups excluding carboxylic acids is 3. The minimum atomic E-state index is -1.62. The molecule has 2 aromatic rings. The molecular formula is C25H22Br2O5. The first-order valence-electron chi connectivity index (χ1n) is 10.8. The fraction of sp³-hybridized carbons (Fsp3) is 0.400. The predicted octanol–water partition coefficient (Wildman–Crippen LogP) is 5.80. The number of carbonyl (C=O) groups is 3. The van der Waals surface area contributed by atoms with Gasteiger partial charge in [0.2, 0.25) is 0 Å². The van der Waals surface area contributed by atoms with Crippen LogP contribution in [0.25, 0.3) is 0 Å². The number of ether oxygens (including phenoxy) is 2. The molecule has 3 fully saturated rings. The summed E-state index contributed by atoms with van der Waals surface area (Å²) < 4.78 is 13.6. The Hall–Kier alpha value is -1.99. The quantitative estimate of drug-likeness (QED) is 0.342. The number of halogens is 2. The molecule has 2 aromatic carbocycles. The molecule has 0 aromatic heterocycles. The number of benzene rings is 2. The molecule has 2 unspecified atom stereocenters.